The van der Waals surface area contributed by atoms with Gasteiger partial charge in [0, 0.05) is 0 Å². The number of carboxylic acids is 1. The second-order valence-corrected chi connectivity index (χ2v) is 6.01. The number of nitrogens with one attached hydrogen (secondary N) is 1. The zero-order valence-electron chi connectivity index (χ0n) is 13.5. The van der Waals surface area contributed by atoms with Gasteiger partial charge in [0.15, 0.2) is 6.04 Å². The number of hydrogen-bond donors (Lipinski definition) is 3. The van der Waals surface area contributed by atoms with Gasteiger partial charge in [-0.3, -0.25) is 0 Å². The van der Waals surface area contributed by atoms with Crippen molar-refractivity contribution in [3.8, 4) is 5.75 Å². The SMILES string of the molecule is Cc1cc(F)c(N)c(OC[C@H](NC(=O)OC(C)(C)C)C(=O)O)c1. The van der Waals surface area contributed by atoms with E-state index in [0.29, 0.717) is 5.56 Å². The Balaban J connectivity index is 2.75. The average molecular weight is 328 g/mol. The maximum absolute atomic E-state index is 13.5. The molecule has 0 fully saturated rings. The molecular weight excluding hydrogens is 307 g/mol. The first-order valence-corrected chi connectivity index (χ1v) is 6.90. The van der Waals surface area contributed by atoms with E-state index < -0.39 is 36.1 Å². The lowest BCUT2D eigenvalue weighted by atomic mass is 10.2. The van der Waals surface area contributed by atoms with Crippen LogP contribution in [0.1, 0.15) is 26.3 Å². The molecule has 0 unspecified atom stereocenters. The molecule has 128 valence electrons. The summed E-state index contributed by atoms with van der Waals surface area (Å²) < 4.78 is 23.7. The summed E-state index contributed by atoms with van der Waals surface area (Å²) in [6, 6.07) is 1.34. The largest absolute Gasteiger partial charge is 0.489 e. The normalized spacial score (nSPS) is 12.4. The zero-order chi connectivity index (χ0) is 17.8. The van der Waals surface area contributed by atoms with Crippen LogP contribution in [0.5, 0.6) is 5.75 Å². The van der Waals surface area contributed by atoms with Crippen LogP contribution < -0.4 is 15.8 Å². The van der Waals surface area contributed by atoms with E-state index in [0.717, 1.165) is 0 Å². The molecular formula is C15H21FN2O5. The van der Waals surface area contributed by atoms with Gasteiger partial charge >= 0.3 is 12.1 Å². The monoisotopic (exact) mass is 328 g/mol. The average Bonchev–Trinajstić information content (AvgIpc) is 2.37. The molecule has 0 heterocycles. The van der Waals surface area contributed by atoms with Gasteiger partial charge in [0.25, 0.3) is 0 Å². The number of halogens is 1. The molecule has 0 spiro atoms. The highest BCUT2D eigenvalue weighted by Crippen LogP contribution is 2.26. The number of benzene rings is 1. The van der Waals surface area contributed by atoms with E-state index in [1.54, 1.807) is 27.7 Å². The number of carboxylic acid groups (broad SMARTS) is 1. The number of rotatable bonds is 5. The van der Waals surface area contributed by atoms with Crippen molar-refractivity contribution in [2.24, 2.45) is 0 Å². The molecule has 0 aliphatic carbocycles. The predicted octanol–water partition coefficient (Wildman–Crippen LogP) is 2.07. The summed E-state index contributed by atoms with van der Waals surface area (Å²) in [5.41, 5.74) is 5.12. The molecule has 0 saturated carbocycles. The summed E-state index contributed by atoms with van der Waals surface area (Å²) in [7, 11) is 0. The summed E-state index contributed by atoms with van der Waals surface area (Å²) >= 11 is 0. The Kier molecular flexibility index (Phi) is 5.78. The van der Waals surface area contributed by atoms with Crippen molar-refractivity contribution in [3.63, 3.8) is 0 Å². The molecule has 0 radical (unpaired) electrons. The van der Waals surface area contributed by atoms with Crippen molar-refractivity contribution >= 4 is 17.7 Å². The predicted molar refractivity (Wildman–Crippen MR) is 81.8 cm³/mol. The summed E-state index contributed by atoms with van der Waals surface area (Å²) in [6.45, 7) is 6.16. The minimum absolute atomic E-state index is 0.0136. The standard InChI is InChI=1S/C15H21FN2O5/c1-8-5-9(16)12(17)11(6-8)22-7-10(13(19)20)18-14(21)23-15(2,3)4/h5-6,10H,7,17H2,1-4H3,(H,18,21)(H,19,20)/t10-/m0/s1. The number of carbonyl (C=O) groups excluding carboxylic acids is 1. The Morgan fingerprint density at radius 1 is 1.39 bits per heavy atom. The number of ether oxygens (including phenoxy) is 2. The molecule has 0 aromatic heterocycles. The fourth-order valence-electron chi connectivity index (χ4n) is 1.64. The number of nitrogens with two attached hydrogens (primary N) is 1. The second-order valence-electron chi connectivity index (χ2n) is 6.01. The minimum Gasteiger partial charge on any atom is -0.489 e. The van der Waals surface area contributed by atoms with Crippen LogP contribution in [0.25, 0.3) is 0 Å². The van der Waals surface area contributed by atoms with Crippen LogP contribution in [0.2, 0.25) is 0 Å². The lowest BCUT2D eigenvalue weighted by molar-refractivity contribution is -0.140. The van der Waals surface area contributed by atoms with E-state index in [9.17, 15) is 14.0 Å². The van der Waals surface area contributed by atoms with Crippen LogP contribution in [0, 0.1) is 12.7 Å². The number of aliphatic carboxylic acids is 1. The van der Waals surface area contributed by atoms with E-state index >= 15 is 0 Å². The van der Waals surface area contributed by atoms with E-state index in [1.807, 2.05) is 0 Å². The van der Waals surface area contributed by atoms with Crippen LogP contribution in [0.3, 0.4) is 0 Å². The van der Waals surface area contributed by atoms with Crippen molar-refractivity contribution in [2.45, 2.75) is 39.3 Å². The van der Waals surface area contributed by atoms with E-state index in [2.05, 4.69) is 5.32 Å². The van der Waals surface area contributed by atoms with Gasteiger partial charge in [0.05, 0.1) is 0 Å². The smallest absolute Gasteiger partial charge is 0.408 e. The lowest BCUT2D eigenvalue weighted by Crippen LogP contribution is -2.46. The van der Waals surface area contributed by atoms with Crippen LogP contribution in [0.4, 0.5) is 14.9 Å². The molecule has 8 heteroatoms. The zero-order valence-corrected chi connectivity index (χ0v) is 13.5. The second kappa shape index (κ2) is 7.17. The molecule has 1 aromatic rings. The number of anilines is 1. The van der Waals surface area contributed by atoms with Gasteiger partial charge in [-0.25, -0.2) is 14.0 Å². The first-order valence-electron chi connectivity index (χ1n) is 6.90. The Hall–Kier alpha value is -2.51. The number of alkyl carbamates (subject to hydrolysis) is 1. The van der Waals surface area contributed by atoms with E-state index in [4.69, 9.17) is 20.3 Å². The Labute approximate surface area is 133 Å². The van der Waals surface area contributed by atoms with Gasteiger partial charge < -0.3 is 25.6 Å². The van der Waals surface area contributed by atoms with Crippen LogP contribution in [-0.4, -0.2) is 35.4 Å². The molecule has 1 rings (SSSR count). The molecule has 0 bridgehead atoms. The maximum Gasteiger partial charge on any atom is 0.408 e. The number of hydrogen-bond acceptors (Lipinski definition) is 5. The topological polar surface area (TPSA) is 111 Å². The highest BCUT2D eigenvalue weighted by molar-refractivity contribution is 5.80. The maximum atomic E-state index is 13.5. The van der Waals surface area contributed by atoms with E-state index in [1.165, 1.54) is 12.1 Å². The summed E-state index contributed by atoms with van der Waals surface area (Å²) in [5, 5.41) is 11.3. The van der Waals surface area contributed by atoms with Crippen LogP contribution in [-0.2, 0) is 9.53 Å². The molecule has 7 nitrogen and oxygen atoms in total. The third kappa shape index (κ3) is 6.01. The summed E-state index contributed by atoms with van der Waals surface area (Å²) in [5.74, 6) is -1.96. The van der Waals surface area contributed by atoms with Gasteiger partial charge in [0.1, 0.15) is 29.5 Å². The highest BCUT2D eigenvalue weighted by Gasteiger charge is 2.25. The lowest BCUT2D eigenvalue weighted by Gasteiger charge is -2.22. The number of aryl methyl sites for hydroxylation is 1. The van der Waals surface area contributed by atoms with Crippen molar-refractivity contribution in [1.82, 2.24) is 5.32 Å². The Morgan fingerprint density at radius 2 is 2.00 bits per heavy atom. The number of amides is 1. The fraction of sp³-hybridized carbons (Fsp3) is 0.467. The first-order chi connectivity index (χ1) is 10.5. The van der Waals surface area contributed by atoms with Gasteiger partial charge in [-0.15, -0.1) is 0 Å². The minimum atomic E-state index is -1.37. The molecule has 1 amide bonds. The molecule has 1 atom stereocenters. The van der Waals surface area contributed by atoms with Gasteiger partial charge in [-0.2, -0.15) is 0 Å². The van der Waals surface area contributed by atoms with E-state index in [-0.39, 0.29) is 11.4 Å². The van der Waals surface area contributed by atoms with Crippen molar-refractivity contribution in [1.29, 1.82) is 0 Å². The van der Waals surface area contributed by atoms with Crippen molar-refractivity contribution < 1.29 is 28.6 Å². The summed E-state index contributed by atoms with van der Waals surface area (Å²) in [4.78, 5) is 22.8. The Morgan fingerprint density at radius 3 is 2.52 bits per heavy atom. The Bertz CT molecular complexity index is 598. The third-order valence-electron chi connectivity index (χ3n) is 2.63. The first kappa shape index (κ1) is 18.5. The third-order valence-corrected chi connectivity index (χ3v) is 2.63. The van der Waals surface area contributed by atoms with Gasteiger partial charge in [-0.1, -0.05) is 0 Å². The number of carbonyl (C=O) groups is 2. The highest BCUT2D eigenvalue weighted by atomic mass is 19.1. The molecule has 0 saturated heterocycles. The van der Waals surface area contributed by atoms with Gasteiger partial charge in [-0.05, 0) is 45.4 Å². The fourth-order valence-corrected chi connectivity index (χ4v) is 1.64. The molecule has 23 heavy (non-hydrogen) atoms. The molecule has 4 N–H and O–H groups in total. The summed E-state index contributed by atoms with van der Waals surface area (Å²) in [6.07, 6.45) is -0.892. The van der Waals surface area contributed by atoms with Gasteiger partial charge in [0.2, 0.25) is 0 Å². The van der Waals surface area contributed by atoms with Crippen LogP contribution in [0.15, 0.2) is 12.1 Å². The molecule has 1 aromatic carbocycles. The molecule has 0 aliphatic heterocycles. The quantitative estimate of drug-likeness (QED) is 0.714. The van der Waals surface area contributed by atoms with Crippen molar-refractivity contribution in [2.75, 3.05) is 12.3 Å². The van der Waals surface area contributed by atoms with Crippen LogP contribution >= 0.6 is 0 Å². The number of nitrogen functional groups attached to an aromatic ring is 1. The molecule has 0 aliphatic rings. The van der Waals surface area contributed by atoms with Crippen molar-refractivity contribution in [3.05, 3.63) is 23.5 Å².